The van der Waals surface area contributed by atoms with E-state index in [1.165, 1.54) is 16.4 Å². The molecule has 1 amide bonds. The maximum atomic E-state index is 13.6. The quantitative estimate of drug-likeness (QED) is 0.623. The van der Waals surface area contributed by atoms with Crippen molar-refractivity contribution >= 4 is 39.2 Å². The summed E-state index contributed by atoms with van der Waals surface area (Å²) >= 11 is 6.10. The van der Waals surface area contributed by atoms with Gasteiger partial charge in [-0.2, -0.15) is 4.31 Å². The zero-order valence-electron chi connectivity index (χ0n) is 16.9. The molecule has 2 aromatic rings. The van der Waals surface area contributed by atoms with E-state index in [4.69, 9.17) is 16.3 Å². The molecule has 1 N–H and O–H groups in total. The minimum atomic E-state index is -3.92. The number of esters is 1. The van der Waals surface area contributed by atoms with Crippen molar-refractivity contribution in [3.05, 3.63) is 58.6 Å². The van der Waals surface area contributed by atoms with Gasteiger partial charge in [-0.1, -0.05) is 30.5 Å². The Balaban J connectivity index is 1.70. The topological polar surface area (TPSA) is 92.8 Å². The van der Waals surface area contributed by atoms with Gasteiger partial charge in [0.2, 0.25) is 10.0 Å². The summed E-state index contributed by atoms with van der Waals surface area (Å²) in [6.07, 6.45) is 3.34. The lowest BCUT2D eigenvalue weighted by Crippen LogP contribution is -2.32. The van der Waals surface area contributed by atoms with Crippen LogP contribution in [0.3, 0.4) is 0 Å². The molecule has 1 saturated heterocycles. The first-order valence-corrected chi connectivity index (χ1v) is 11.7. The van der Waals surface area contributed by atoms with E-state index < -0.39 is 45.8 Å². The summed E-state index contributed by atoms with van der Waals surface area (Å²) in [7, 11) is -3.92. The summed E-state index contributed by atoms with van der Waals surface area (Å²) in [5, 5.41) is 1.95. The van der Waals surface area contributed by atoms with Gasteiger partial charge < -0.3 is 10.1 Å². The number of carbonyl (C=O) groups is 2. The average Bonchev–Trinajstić information content (AvgIpc) is 3.05. The van der Waals surface area contributed by atoms with Crippen LogP contribution in [0.2, 0.25) is 5.02 Å². The van der Waals surface area contributed by atoms with E-state index >= 15 is 0 Å². The predicted octanol–water partition coefficient (Wildman–Crippen LogP) is 3.98. The highest BCUT2D eigenvalue weighted by Crippen LogP contribution is 2.28. The number of amides is 1. The minimum Gasteiger partial charge on any atom is -0.452 e. The Kier molecular flexibility index (Phi) is 7.81. The number of halogens is 3. The summed E-state index contributed by atoms with van der Waals surface area (Å²) in [6.45, 7) is -0.107. The van der Waals surface area contributed by atoms with E-state index in [9.17, 15) is 26.8 Å². The second kappa shape index (κ2) is 10.4. The first kappa shape index (κ1) is 24.1. The Bertz CT molecular complexity index is 1100. The Morgan fingerprint density at radius 3 is 2.28 bits per heavy atom. The summed E-state index contributed by atoms with van der Waals surface area (Å²) < 4.78 is 59.5. The van der Waals surface area contributed by atoms with E-state index in [0.29, 0.717) is 13.1 Å². The molecule has 7 nitrogen and oxygen atoms in total. The monoisotopic (exact) mass is 486 g/mol. The Morgan fingerprint density at radius 1 is 1.03 bits per heavy atom. The normalized spacial score (nSPS) is 15.1. The van der Waals surface area contributed by atoms with Crippen LogP contribution < -0.4 is 5.32 Å². The number of hydrogen-bond acceptors (Lipinski definition) is 5. The SMILES string of the molecule is O=C(COC(=O)c1ccc(Cl)c(S(=O)(=O)N2CCCCCC2)c1)Nc1c(F)cccc1F. The molecule has 2 aromatic carbocycles. The highest BCUT2D eigenvalue weighted by molar-refractivity contribution is 7.89. The highest BCUT2D eigenvalue weighted by atomic mass is 35.5. The molecule has 0 spiro atoms. The second-order valence-electron chi connectivity index (χ2n) is 7.18. The van der Waals surface area contributed by atoms with Crippen molar-refractivity contribution in [1.82, 2.24) is 4.31 Å². The molecular formula is C21H21ClF2N2O5S. The van der Waals surface area contributed by atoms with Crippen LogP contribution in [0.4, 0.5) is 14.5 Å². The molecule has 1 heterocycles. The summed E-state index contributed by atoms with van der Waals surface area (Å²) in [4.78, 5) is 24.1. The highest BCUT2D eigenvalue weighted by Gasteiger charge is 2.28. The molecule has 0 aliphatic carbocycles. The van der Waals surface area contributed by atoms with Gasteiger partial charge in [0.1, 0.15) is 22.2 Å². The largest absolute Gasteiger partial charge is 0.452 e. The van der Waals surface area contributed by atoms with Crippen molar-refractivity contribution in [2.45, 2.75) is 30.6 Å². The van der Waals surface area contributed by atoms with Crippen LogP contribution >= 0.6 is 11.6 Å². The number of carbonyl (C=O) groups excluding carboxylic acids is 2. The first-order valence-electron chi connectivity index (χ1n) is 9.91. The molecule has 11 heteroatoms. The van der Waals surface area contributed by atoms with Crippen LogP contribution in [0.1, 0.15) is 36.0 Å². The van der Waals surface area contributed by atoms with Gasteiger partial charge in [0.15, 0.2) is 6.61 Å². The molecule has 0 unspecified atom stereocenters. The van der Waals surface area contributed by atoms with Crippen molar-refractivity contribution < 1.29 is 31.5 Å². The van der Waals surface area contributed by atoms with E-state index in [2.05, 4.69) is 0 Å². The van der Waals surface area contributed by atoms with Gasteiger partial charge in [-0.15, -0.1) is 0 Å². The average molecular weight is 487 g/mol. The molecule has 0 radical (unpaired) electrons. The van der Waals surface area contributed by atoms with Crippen molar-refractivity contribution in [2.24, 2.45) is 0 Å². The molecule has 1 aliphatic heterocycles. The fourth-order valence-electron chi connectivity index (χ4n) is 3.26. The smallest absolute Gasteiger partial charge is 0.338 e. The third kappa shape index (κ3) is 5.62. The molecule has 0 aromatic heterocycles. The number of sulfonamides is 1. The van der Waals surface area contributed by atoms with Crippen molar-refractivity contribution in [2.75, 3.05) is 25.0 Å². The van der Waals surface area contributed by atoms with Crippen LogP contribution in [0.25, 0.3) is 0 Å². The fourth-order valence-corrected chi connectivity index (χ4v) is 5.27. The molecule has 172 valence electrons. The molecule has 0 atom stereocenters. The van der Waals surface area contributed by atoms with Gasteiger partial charge in [-0.05, 0) is 43.2 Å². The maximum Gasteiger partial charge on any atom is 0.338 e. The third-order valence-electron chi connectivity index (χ3n) is 4.91. The van der Waals surface area contributed by atoms with Crippen LogP contribution in [0.15, 0.2) is 41.3 Å². The van der Waals surface area contributed by atoms with Gasteiger partial charge >= 0.3 is 5.97 Å². The number of para-hydroxylation sites is 1. The minimum absolute atomic E-state index is 0.0430. The molecule has 32 heavy (non-hydrogen) atoms. The van der Waals surface area contributed by atoms with Gasteiger partial charge in [0, 0.05) is 13.1 Å². The number of nitrogens with zero attached hydrogens (tertiary/aromatic N) is 1. The fraction of sp³-hybridized carbons (Fsp3) is 0.333. The van der Waals surface area contributed by atoms with Crippen LogP contribution in [-0.2, 0) is 19.6 Å². The summed E-state index contributed by atoms with van der Waals surface area (Å²) in [5.74, 6) is -3.91. The zero-order chi connectivity index (χ0) is 23.3. The van der Waals surface area contributed by atoms with Crippen LogP contribution in [-0.4, -0.2) is 44.3 Å². The number of anilines is 1. The molecule has 0 saturated carbocycles. The Labute approximate surface area is 189 Å². The lowest BCUT2D eigenvalue weighted by molar-refractivity contribution is -0.119. The number of hydrogen-bond donors (Lipinski definition) is 1. The lowest BCUT2D eigenvalue weighted by atomic mass is 10.2. The summed E-state index contributed by atoms with van der Waals surface area (Å²) in [6, 6.07) is 6.69. The van der Waals surface area contributed by atoms with Gasteiger partial charge in [0.05, 0.1) is 10.6 Å². The van der Waals surface area contributed by atoms with Gasteiger partial charge in [0.25, 0.3) is 5.91 Å². The number of benzene rings is 2. The molecule has 3 rings (SSSR count). The Hall–Kier alpha value is -2.56. The lowest BCUT2D eigenvalue weighted by Gasteiger charge is -2.21. The van der Waals surface area contributed by atoms with Crippen molar-refractivity contribution in [3.8, 4) is 0 Å². The molecular weight excluding hydrogens is 466 g/mol. The molecule has 0 bridgehead atoms. The molecule has 1 fully saturated rings. The first-order chi connectivity index (χ1) is 15.2. The zero-order valence-corrected chi connectivity index (χ0v) is 18.5. The number of nitrogens with one attached hydrogen (secondary N) is 1. The second-order valence-corrected chi connectivity index (χ2v) is 9.50. The van der Waals surface area contributed by atoms with Crippen LogP contribution in [0.5, 0.6) is 0 Å². The predicted molar refractivity (Wildman–Crippen MR) is 114 cm³/mol. The van der Waals surface area contributed by atoms with E-state index in [1.807, 2.05) is 5.32 Å². The van der Waals surface area contributed by atoms with Gasteiger partial charge in [-0.3, -0.25) is 4.79 Å². The number of ether oxygens (including phenoxy) is 1. The van der Waals surface area contributed by atoms with Gasteiger partial charge in [-0.25, -0.2) is 22.0 Å². The third-order valence-corrected chi connectivity index (χ3v) is 7.29. The molecule has 1 aliphatic rings. The van der Waals surface area contributed by atoms with E-state index in [1.54, 1.807) is 0 Å². The van der Waals surface area contributed by atoms with Crippen LogP contribution in [0, 0.1) is 11.6 Å². The van der Waals surface area contributed by atoms with Crippen molar-refractivity contribution in [1.29, 1.82) is 0 Å². The number of rotatable bonds is 6. The maximum absolute atomic E-state index is 13.6. The summed E-state index contributed by atoms with van der Waals surface area (Å²) in [5.41, 5.74) is -0.793. The Morgan fingerprint density at radius 2 is 1.66 bits per heavy atom. The van der Waals surface area contributed by atoms with E-state index in [-0.39, 0.29) is 15.5 Å². The van der Waals surface area contributed by atoms with Crippen molar-refractivity contribution in [3.63, 3.8) is 0 Å². The standard InChI is InChI=1S/C21H21ClF2N2O5S/c22-15-9-8-14(12-18(15)32(29,30)26-10-3-1-2-4-11-26)21(28)31-13-19(27)25-20-16(23)6-5-7-17(20)24/h5-9,12H,1-4,10-11,13H2,(H,25,27). The van der Waals surface area contributed by atoms with E-state index in [0.717, 1.165) is 49.9 Å².